The van der Waals surface area contributed by atoms with Gasteiger partial charge < -0.3 is 64.5 Å². The molecule has 0 spiro atoms. The Morgan fingerprint density at radius 3 is 2.39 bits per heavy atom. The Bertz CT molecular complexity index is 1410. The summed E-state index contributed by atoms with van der Waals surface area (Å²) in [5, 5.41) is 69.9. The van der Waals surface area contributed by atoms with E-state index in [1.807, 2.05) is 30.3 Å². The number of hydrogen-bond donors (Lipinski definition) is 7. The van der Waals surface area contributed by atoms with Crippen LogP contribution in [0.5, 0.6) is 11.5 Å². The number of hydrogen-bond acceptors (Lipinski definition) is 14. The molecule has 15 heteroatoms. The van der Waals surface area contributed by atoms with Crippen molar-refractivity contribution >= 4 is 17.7 Å². The number of oxime groups is 1. The Morgan fingerprint density at radius 1 is 0.978 bits per heavy atom. The molecular formula is C31H38N2O13. The van der Waals surface area contributed by atoms with Gasteiger partial charge in [0.25, 0.3) is 0 Å². The molecule has 1 unspecified atom stereocenters. The number of aromatic hydroxyl groups is 1. The van der Waals surface area contributed by atoms with Crippen molar-refractivity contribution in [2.24, 2.45) is 5.16 Å². The number of phenolic OH excluding ortho intramolecular Hbond substituents is 1. The van der Waals surface area contributed by atoms with Gasteiger partial charge in [-0.2, -0.15) is 0 Å². The first-order valence-corrected chi connectivity index (χ1v) is 14.6. The molecule has 1 saturated carbocycles. The molecule has 46 heavy (non-hydrogen) atoms. The molecule has 5 rings (SSSR count). The number of amides is 1. The van der Waals surface area contributed by atoms with Crippen molar-refractivity contribution in [3.05, 3.63) is 65.2 Å². The van der Waals surface area contributed by atoms with E-state index in [0.717, 1.165) is 5.56 Å². The SMILES string of the molecule is COC/C(=N\OCc1ccccc1)[C@H]1O[C@@H](Oc2ccc(/C=C(\C)C(=O)NC3[C@@H](O)[C@@H]4OCO[C@@H]4[C@H](O)[C@H]3O)cc2O)[C@@H](O)[C@@H]1O. The zero-order chi connectivity index (χ0) is 33.0. The first-order valence-electron chi connectivity index (χ1n) is 14.6. The number of nitrogens with one attached hydrogen (secondary N) is 1. The standard InChI is InChI=1S/C31H38N2O13/c1-15(30(40)32-21-22(35)24(37)29-28(23(21)36)42-14-43-29)10-17-8-9-20(19(34)11-17)45-31-26(39)25(38)27(46-31)18(13-41-2)33-44-12-16-6-4-3-5-7-16/h3-11,21-29,31,34-39H,12-14H2,1-2H3,(H,32,40)/b15-10+,33-18+/t21?,22-,23+,24+,25-,26-,27+,28-,29+,31+/m0/s1. The molecule has 2 aliphatic heterocycles. The Morgan fingerprint density at radius 2 is 1.70 bits per heavy atom. The first kappa shape index (κ1) is 33.7. The van der Waals surface area contributed by atoms with Gasteiger partial charge >= 0.3 is 0 Å². The molecule has 1 aliphatic carbocycles. The van der Waals surface area contributed by atoms with Crippen LogP contribution in [0, 0.1) is 0 Å². The van der Waals surface area contributed by atoms with Gasteiger partial charge in [-0.15, -0.1) is 0 Å². The number of fused-ring (bicyclic) bond motifs is 1. The minimum absolute atomic E-state index is 0.0578. The largest absolute Gasteiger partial charge is 0.504 e. The number of benzene rings is 2. The number of aliphatic hydroxyl groups is 5. The zero-order valence-corrected chi connectivity index (χ0v) is 25.1. The molecule has 0 bridgehead atoms. The maximum atomic E-state index is 12.9. The highest BCUT2D eigenvalue weighted by molar-refractivity contribution is 5.97. The molecule has 3 aliphatic rings. The third-order valence-electron chi connectivity index (χ3n) is 7.97. The number of methoxy groups -OCH3 is 1. The molecule has 2 heterocycles. The normalized spacial score (nSPS) is 33.0. The van der Waals surface area contributed by atoms with Crippen LogP contribution in [0.4, 0.5) is 0 Å². The number of phenols is 1. The molecule has 10 atom stereocenters. The Kier molecular flexibility index (Phi) is 10.9. The lowest BCUT2D eigenvalue weighted by Crippen LogP contribution is -2.67. The molecule has 0 radical (unpaired) electrons. The average Bonchev–Trinajstić information content (AvgIpc) is 3.65. The van der Waals surface area contributed by atoms with Gasteiger partial charge in [0.2, 0.25) is 12.2 Å². The highest BCUT2D eigenvalue weighted by Crippen LogP contribution is 2.33. The van der Waals surface area contributed by atoms with E-state index < -0.39 is 67.1 Å². The van der Waals surface area contributed by atoms with Crippen LogP contribution in [0.1, 0.15) is 18.1 Å². The Balaban J connectivity index is 1.21. The molecule has 15 nitrogen and oxygen atoms in total. The summed E-state index contributed by atoms with van der Waals surface area (Å²) in [6.07, 6.45) is -10.0. The minimum atomic E-state index is -1.51. The lowest BCUT2D eigenvalue weighted by Gasteiger charge is -2.41. The van der Waals surface area contributed by atoms with Gasteiger partial charge in [0.05, 0.1) is 12.6 Å². The number of rotatable bonds is 11. The van der Waals surface area contributed by atoms with Crippen LogP contribution >= 0.6 is 0 Å². The van der Waals surface area contributed by atoms with Crippen molar-refractivity contribution < 1.29 is 64.0 Å². The van der Waals surface area contributed by atoms with Gasteiger partial charge in [-0.3, -0.25) is 4.79 Å². The van der Waals surface area contributed by atoms with E-state index in [0.29, 0.717) is 5.56 Å². The minimum Gasteiger partial charge on any atom is -0.504 e. The Hall–Kier alpha value is -3.64. The lowest BCUT2D eigenvalue weighted by molar-refractivity contribution is -0.155. The Labute approximate surface area is 264 Å². The second-order valence-electron chi connectivity index (χ2n) is 11.2. The van der Waals surface area contributed by atoms with E-state index >= 15 is 0 Å². The summed E-state index contributed by atoms with van der Waals surface area (Å²) < 4.78 is 27.1. The predicted molar refractivity (Wildman–Crippen MR) is 158 cm³/mol. The van der Waals surface area contributed by atoms with Crippen LogP contribution in [0.2, 0.25) is 0 Å². The number of aliphatic hydroxyl groups excluding tert-OH is 5. The molecule has 7 N–H and O–H groups in total. The second-order valence-corrected chi connectivity index (χ2v) is 11.2. The topological polar surface area (TPSA) is 218 Å². The molecule has 2 aromatic carbocycles. The molecule has 2 saturated heterocycles. The fraction of sp³-hybridized carbons (Fsp3) is 0.484. The van der Waals surface area contributed by atoms with Crippen molar-refractivity contribution in [3.63, 3.8) is 0 Å². The molecule has 3 fully saturated rings. The molecule has 250 valence electrons. The van der Waals surface area contributed by atoms with Crippen molar-refractivity contribution in [2.75, 3.05) is 20.5 Å². The number of ether oxygens (including phenoxy) is 5. The number of carbonyl (C=O) groups excluding carboxylic acids is 1. The van der Waals surface area contributed by atoms with Crippen LogP contribution in [0.25, 0.3) is 6.08 Å². The van der Waals surface area contributed by atoms with Gasteiger partial charge in [0.15, 0.2) is 11.5 Å². The number of carbonyl (C=O) groups is 1. The van der Waals surface area contributed by atoms with Crippen LogP contribution in [-0.4, -0.2) is 124 Å². The van der Waals surface area contributed by atoms with E-state index in [2.05, 4.69) is 10.5 Å². The first-order chi connectivity index (χ1) is 22.1. The van der Waals surface area contributed by atoms with Gasteiger partial charge in [0, 0.05) is 12.7 Å². The molecule has 2 aromatic rings. The molecule has 1 amide bonds. The summed E-state index contributed by atoms with van der Waals surface area (Å²) in [4.78, 5) is 18.3. The van der Waals surface area contributed by atoms with Crippen molar-refractivity contribution in [1.82, 2.24) is 5.32 Å². The zero-order valence-electron chi connectivity index (χ0n) is 25.1. The van der Waals surface area contributed by atoms with Crippen molar-refractivity contribution in [3.8, 4) is 11.5 Å². The van der Waals surface area contributed by atoms with Crippen molar-refractivity contribution in [2.45, 2.75) is 74.7 Å². The van der Waals surface area contributed by atoms with E-state index in [1.54, 1.807) is 0 Å². The second kappa shape index (κ2) is 14.8. The summed E-state index contributed by atoms with van der Waals surface area (Å²) in [5.74, 6) is -1.06. The van der Waals surface area contributed by atoms with Crippen molar-refractivity contribution in [1.29, 1.82) is 0 Å². The summed E-state index contributed by atoms with van der Waals surface area (Å²) in [5.41, 5.74) is 1.61. The average molecular weight is 647 g/mol. The van der Waals surface area contributed by atoms with Gasteiger partial charge in [-0.25, -0.2) is 0 Å². The van der Waals surface area contributed by atoms with E-state index in [-0.39, 0.29) is 42.8 Å². The predicted octanol–water partition coefficient (Wildman–Crippen LogP) is -0.837. The van der Waals surface area contributed by atoms with Crippen LogP contribution in [-0.2, 0) is 35.2 Å². The smallest absolute Gasteiger partial charge is 0.247 e. The maximum absolute atomic E-state index is 12.9. The highest BCUT2D eigenvalue weighted by atomic mass is 16.7. The van der Waals surface area contributed by atoms with Crippen LogP contribution in [0.3, 0.4) is 0 Å². The fourth-order valence-electron chi connectivity index (χ4n) is 5.48. The van der Waals surface area contributed by atoms with Gasteiger partial charge in [0.1, 0.15) is 67.9 Å². The van der Waals surface area contributed by atoms with Gasteiger partial charge in [-0.1, -0.05) is 41.6 Å². The lowest BCUT2D eigenvalue weighted by atomic mass is 9.83. The van der Waals surface area contributed by atoms with Crippen LogP contribution < -0.4 is 10.1 Å². The third-order valence-corrected chi connectivity index (χ3v) is 7.97. The monoisotopic (exact) mass is 646 g/mol. The highest BCUT2D eigenvalue weighted by Gasteiger charge is 2.53. The van der Waals surface area contributed by atoms with E-state index in [1.165, 1.54) is 38.3 Å². The maximum Gasteiger partial charge on any atom is 0.247 e. The summed E-state index contributed by atoms with van der Waals surface area (Å²) >= 11 is 0. The van der Waals surface area contributed by atoms with E-state index in [9.17, 15) is 35.4 Å². The third kappa shape index (κ3) is 7.33. The summed E-state index contributed by atoms with van der Waals surface area (Å²) in [7, 11) is 1.43. The summed E-state index contributed by atoms with van der Waals surface area (Å²) in [6, 6.07) is 12.3. The van der Waals surface area contributed by atoms with Crippen LogP contribution in [0.15, 0.2) is 59.3 Å². The summed E-state index contributed by atoms with van der Waals surface area (Å²) in [6.45, 7) is 1.44. The molecular weight excluding hydrogens is 608 g/mol. The fourth-order valence-corrected chi connectivity index (χ4v) is 5.48. The quantitative estimate of drug-likeness (QED) is 0.0902. The number of nitrogens with zero attached hydrogens (tertiary/aromatic N) is 1. The van der Waals surface area contributed by atoms with Gasteiger partial charge in [-0.05, 0) is 36.3 Å². The van der Waals surface area contributed by atoms with E-state index in [4.69, 9.17) is 28.5 Å². The molecule has 0 aromatic heterocycles.